The number of hydrogen-bond acceptors (Lipinski definition) is 3. The minimum absolute atomic E-state index is 0.135. The van der Waals surface area contributed by atoms with Crippen molar-refractivity contribution in [2.24, 2.45) is 5.92 Å². The third kappa shape index (κ3) is 3.81. The fraction of sp³-hybridized carbons (Fsp3) is 0.318. The van der Waals surface area contributed by atoms with Crippen LogP contribution in [0.2, 0.25) is 0 Å². The van der Waals surface area contributed by atoms with E-state index in [9.17, 15) is 4.79 Å². The van der Waals surface area contributed by atoms with E-state index in [1.54, 1.807) is 6.07 Å². The fourth-order valence-electron chi connectivity index (χ4n) is 3.42. The third-order valence-electron chi connectivity index (χ3n) is 5.17. The molecule has 1 saturated heterocycles. The maximum absolute atomic E-state index is 12.5. The molecule has 2 fully saturated rings. The van der Waals surface area contributed by atoms with Crippen LogP contribution < -0.4 is 11.1 Å². The van der Waals surface area contributed by atoms with Crippen molar-refractivity contribution in [3.8, 4) is 0 Å². The van der Waals surface area contributed by atoms with Gasteiger partial charge in [-0.25, -0.2) is 0 Å². The Hall–Kier alpha value is -2.59. The molecular weight excluding hydrogens is 322 g/mol. The molecule has 0 aromatic heterocycles. The molecule has 134 valence electrons. The summed E-state index contributed by atoms with van der Waals surface area (Å²) in [4.78, 5) is 15.0. The van der Waals surface area contributed by atoms with Gasteiger partial charge in [0.1, 0.15) is 0 Å². The van der Waals surface area contributed by atoms with Crippen LogP contribution in [0, 0.1) is 12.8 Å². The highest BCUT2D eigenvalue weighted by molar-refractivity contribution is 6.06. The summed E-state index contributed by atoms with van der Waals surface area (Å²) in [5.41, 5.74) is 11.5. The predicted octanol–water partition coefficient (Wildman–Crippen LogP) is 3.94. The highest BCUT2D eigenvalue weighted by Gasteiger charge is 2.28. The first-order chi connectivity index (χ1) is 12.6. The van der Waals surface area contributed by atoms with Crippen LogP contribution in [0.25, 0.3) is 6.08 Å². The predicted molar refractivity (Wildman–Crippen MR) is 107 cm³/mol. The number of nitrogen functional groups attached to an aromatic ring is 1. The zero-order valence-corrected chi connectivity index (χ0v) is 15.2. The summed E-state index contributed by atoms with van der Waals surface area (Å²) < 4.78 is 0. The third-order valence-corrected chi connectivity index (χ3v) is 5.17. The van der Waals surface area contributed by atoms with Crippen molar-refractivity contribution in [3.63, 3.8) is 0 Å². The molecule has 4 nitrogen and oxygen atoms in total. The lowest BCUT2D eigenvalue weighted by Gasteiger charge is -2.34. The lowest BCUT2D eigenvalue weighted by atomic mass is 9.99. The quantitative estimate of drug-likeness (QED) is 0.806. The average Bonchev–Trinajstić information content (AvgIpc) is 3.40. The van der Waals surface area contributed by atoms with Crippen molar-refractivity contribution >= 4 is 23.4 Å². The Kier molecular flexibility index (Phi) is 4.51. The second-order valence-corrected chi connectivity index (χ2v) is 7.53. The van der Waals surface area contributed by atoms with Gasteiger partial charge in [-0.05, 0) is 66.6 Å². The van der Waals surface area contributed by atoms with Gasteiger partial charge >= 0.3 is 0 Å². The minimum Gasteiger partial charge on any atom is -0.397 e. The van der Waals surface area contributed by atoms with Gasteiger partial charge in [0.05, 0.1) is 11.4 Å². The standard InChI is InChI=1S/C22H25N3O/c1-15-10-19(22(26)24-21-5-3-2-4-20(21)23)9-8-18(15)11-17-13-25(14-17)12-16-6-7-16/h2-5,8-11,16H,6-7,12-14,23H2,1H3,(H,24,26). The first-order valence-corrected chi connectivity index (χ1v) is 9.27. The second-order valence-electron chi connectivity index (χ2n) is 7.53. The number of hydrogen-bond donors (Lipinski definition) is 2. The van der Waals surface area contributed by atoms with Crippen LogP contribution in [0.3, 0.4) is 0 Å². The van der Waals surface area contributed by atoms with Crippen molar-refractivity contribution in [2.45, 2.75) is 19.8 Å². The Labute approximate surface area is 154 Å². The highest BCUT2D eigenvalue weighted by atomic mass is 16.1. The smallest absolute Gasteiger partial charge is 0.255 e. The Bertz CT molecular complexity index is 859. The molecule has 1 heterocycles. The summed E-state index contributed by atoms with van der Waals surface area (Å²) >= 11 is 0. The van der Waals surface area contributed by atoms with Gasteiger partial charge in [-0.15, -0.1) is 0 Å². The number of para-hydroxylation sites is 2. The Morgan fingerprint density at radius 3 is 2.69 bits per heavy atom. The molecule has 0 unspecified atom stereocenters. The summed E-state index contributed by atoms with van der Waals surface area (Å²) in [6.07, 6.45) is 5.09. The first kappa shape index (κ1) is 16.9. The van der Waals surface area contributed by atoms with E-state index in [1.165, 1.54) is 30.5 Å². The molecule has 0 spiro atoms. The Morgan fingerprint density at radius 1 is 1.23 bits per heavy atom. The van der Waals surface area contributed by atoms with Crippen LogP contribution in [0.1, 0.15) is 34.3 Å². The largest absolute Gasteiger partial charge is 0.397 e. The lowest BCUT2D eigenvalue weighted by Crippen LogP contribution is -2.41. The number of carbonyl (C=O) groups is 1. The van der Waals surface area contributed by atoms with Crippen LogP contribution in [-0.4, -0.2) is 30.4 Å². The zero-order valence-electron chi connectivity index (χ0n) is 15.2. The number of aryl methyl sites for hydroxylation is 1. The van der Waals surface area contributed by atoms with E-state index in [1.807, 2.05) is 36.4 Å². The molecule has 0 atom stereocenters. The molecule has 4 rings (SSSR count). The summed E-state index contributed by atoms with van der Waals surface area (Å²) in [6, 6.07) is 13.2. The Balaban J connectivity index is 1.41. The SMILES string of the molecule is Cc1cc(C(=O)Nc2ccccc2N)ccc1C=C1CN(CC2CC2)C1. The number of nitrogens with zero attached hydrogens (tertiary/aromatic N) is 1. The molecule has 3 N–H and O–H groups in total. The molecule has 1 aliphatic carbocycles. The monoisotopic (exact) mass is 347 g/mol. The topological polar surface area (TPSA) is 58.4 Å². The maximum atomic E-state index is 12.5. The van der Waals surface area contributed by atoms with E-state index in [2.05, 4.69) is 23.2 Å². The van der Waals surface area contributed by atoms with Gasteiger partial charge in [0, 0.05) is 25.2 Å². The van der Waals surface area contributed by atoms with Gasteiger partial charge in [-0.2, -0.15) is 0 Å². The first-order valence-electron chi connectivity index (χ1n) is 9.27. The molecule has 4 heteroatoms. The number of benzene rings is 2. The molecule has 1 amide bonds. The van der Waals surface area contributed by atoms with Crippen LogP contribution >= 0.6 is 0 Å². The lowest BCUT2D eigenvalue weighted by molar-refractivity contribution is 0.102. The number of nitrogens with one attached hydrogen (secondary N) is 1. The molecule has 2 aromatic carbocycles. The van der Waals surface area contributed by atoms with E-state index >= 15 is 0 Å². The summed E-state index contributed by atoms with van der Waals surface area (Å²) in [5, 5.41) is 2.88. The van der Waals surface area contributed by atoms with Crippen LogP contribution in [0.15, 0.2) is 48.0 Å². The second kappa shape index (κ2) is 6.96. The van der Waals surface area contributed by atoms with E-state index in [-0.39, 0.29) is 5.91 Å². The number of anilines is 2. The minimum atomic E-state index is -0.135. The van der Waals surface area contributed by atoms with E-state index in [4.69, 9.17) is 5.73 Å². The highest BCUT2D eigenvalue weighted by Crippen LogP contribution is 2.32. The van der Waals surface area contributed by atoms with Crippen LogP contribution in [0.4, 0.5) is 11.4 Å². The van der Waals surface area contributed by atoms with Crippen molar-refractivity contribution in [3.05, 3.63) is 64.7 Å². The van der Waals surface area contributed by atoms with E-state index < -0.39 is 0 Å². The average molecular weight is 347 g/mol. The van der Waals surface area contributed by atoms with Gasteiger partial charge in [0.15, 0.2) is 0 Å². The molecule has 26 heavy (non-hydrogen) atoms. The zero-order chi connectivity index (χ0) is 18.1. The summed E-state index contributed by atoms with van der Waals surface area (Å²) in [5.74, 6) is 0.819. The van der Waals surface area contributed by atoms with Gasteiger partial charge < -0.3 is 11.1 Å². The molecule has 0 radical (unpaired) electrons. The number of amides is 1. The molecule has 2 aliphatic rings. The molecule has 1 aliphatic heterocycles. The molecule has 1 saturated carbocycles. The van der Waals surface area contributed by atoms with Crippen LogP contribution in [0.5, 0.6) is 0 Å². The van der Waals surface area contributed by atoms with Crippen molar-refractivity contribution < 1.29 is 4.79 Å². The van der Waals surface area contributed by atoms with E-state index in [0.29, 0.717) is 16.9 Å². The summed E-state index contributed by atoms with van der Waals surface area (Å²) in [7, 11) is 0. The van der Waals surface area contributed by atoms with Crippen molar-refractivity contribution in [1.29, 1.82) is 0 Å². The van der Waals surface area contributed by atoms with Crippen molar-refractivity contribution in [1.82, 2.24) is 4.90 Å². The van der Waals surface area contributed by atoms with Gasteiger partial charge in [-0.3, -0.25) is 9.69 Å². The number of likely N-dealkylation sites (tertiary alicyclic amines) is 1. The number of rotatable bonds is 5. The van der Waals surface area contributed by atoms with Gasteiger partial charge in [-0.1, -0.05) is 24.3 Å². The molecule has 0 bridgehead atoms. The van der Waals surface area contributed by atoms with Crippen molar-refractivity contribution in [2.75, 3.05) is 30.7 Å². The maximum Gasteiger partial charge on any atom is 0.255 e. The summed E-state index contributed by atoms with van der Waals surface area (Å²) in [6.45, 7) is 5.50. The Morgan fingerprint density at radius 2 is 2.00 bits per heavy atom. The normalized spacial score (nSPS) is 16.9. The van der Waals surface area contributed by atoms with Crippen LogP contribution in [-0.2, 0) is 0 Å². The molecule has 2 aromatic rings. The number of carbonyl (C=O) groups excluding carboxylic acids is 1. The number of nitrogens with two attached hydrogens (primary N) is 1. The fourth-order valence-corrected chi connectivity index (χ4v) is 3.42. The van der Waals surface area contributed by atoms with Gasteiger partial charge in [0.2, 0.25) is 0 Å². The van der Waals surface area contributed by atoms with Gasteiger partial charge in [0.25, 0.3) is 5.91 Å². The molecular formula is C22H25N3O. The van der Waals surface area contributed by atoms with E-state index in [0.717, 1.165) is 24.6 Å².